The lowest BCUT2D eigenvalue weighted by Gasteiger charge is -2.38. The Morgan fingerprint density at radius 1 is 0.911 bits per heavy atom. The third kappa shape index (κ3) is 6.49. The van der Waals surface area contributed by atoms with Gasteiger partial charge in [-0.2, -0.15) is 0 Å². The summed E-state index contributed by atoms with van der Waals surface area (Å²) in [4.78, 5) is 30.2. The van der Waals surface area contributed by atoms with Crippen molar-refractivity contribution in [2.45, 2.75) is 18.2 Å². The Morgan fingerprint density at radius 3 is 2.38 bits per heavy atom. The average Bonchev–Trinajstić information content (AvgIpc) is 3.42. The molecular formula is C36H35N3O5S. The number of benzene rings is 4. The van der Waals surface area contributed by atoms with Crippen LogP contribution in [0.5, 0.6) is 5.75 Å². The summed E-state index contributed by atoms with van der Waals surface area (Å²) in [6.45, 7) is 5.14. The molecule has 1 fully saturated rings. The van der Waals surface area contributed by atoms with Crippen LogP contribution in [0, 0.1) is 6.92 Å². The SMILES string of the molecule is COc1ccccc1C(=O)N1CCN(c2ccccc2N(CCc2ccccc2)Sc2ccc3oc(C(=O)O)c(C)c3c2)CC1. The second kappa shape index (κ2) is 13.4. The zero-order chi connectivity index (χ0) is 31.3. The van der Waals surface area contributed by atoms with Crippen LogP contribution in [0.2, 0.25) is 0 Å². The number of fused-ring (bicyclic) bond motifs is 1. The lowest BCUT2D eigenvalue weighted by molar-refractivity contribution is 0.0663. The Morgan fingerprint density at radius 2 is 1.62 bits per heavy atom. The van der Waals surface area contributed by atoms with Gasteiger partial charge in [0.2, 0.25) is 5.76 Å². The van der Waals surface area contributed by atoms with Gasteiger partial charge in [0.1, 0.15) is 11.3 Å². The van der Waals surface area contributed by atoms with Gasteiger partial charge >= 0.3 is 5.97 Å². The molecule has 8 nitrogen and oxygen atoms in total. The fourth-order valence-corrected chi connectivity index (χ4v) is 6.75. The van der Waals surface area contributed by atoms with Crippen molar-refractivity contribution in [3.05, 3.63) is 120 Å². The van der Waals surface area contributed by atoms with Crippen molar-refractivity contribution in [3.63, 3.8) is 0 Å². The summed E-state index contributed by atoms with van der Waals surface area (Å²) in [6, 6.07) is 32.0. The van der Waals surface area contributed by atoms with E-state index in [-0.39, 0.29) is 11.7 Å². The Balaban J connectivity index is 1.26. The van der Waals surface area contributed by atoms with Crippen molar-refractivity contribution in [3.8, 4) is 5.75 Å². The fourth-order valence-electron chi connectivity index (χ4n) is 5.76. The fraction of sp³-hybridized carbons (Fsp3) is 0.222. The number of furan rings is 1. The first kappa shape index (κ1) is 30.1. The number of methoxy groups -OCH3 is 1. The molecule has 0 aliphatic carbocycles. The summed E-state index contributed by atoms with van der Waals surface area (Å²) in [7, 11) is 1.59. The van der Waals surface area contributed by atoms with E-state index in [4.69, 9.17) is 9.15 Å². The molecule has 1 aliphatic heterocycles. The van der Waals surface area contributed by atoms with E-state index < -0.39 is 5.97 Å². The molecule has 0 unspecified atom stereocenters. The largest absolute Gasteiger partial charge is 0.496 e. The molecule has 2 heterocycles. The molecule has 230 valence electrons. The van der Waals surface area contributed by atoms with E-state index in [9.17, 15) is 14.7 Å². The molecule has 6 rings (SSSR count). The van der Waals surface area contributed by atoms with Gasteiger partial charge in [-0.05, 0) is 73.3 Å². The van der Waals surface area contributed by atoms with Gasteiger partial charge in [0.05, 0.1) is 24.0 Å². The van der Waals surface area contributed by atoms with E-state index >= 15 is 0 Å². The van der Waals surface area contributed by atoms with Gasteiger partial charge in [-0.25, -0.2) is 4.79 Å². The average molecular weight is 622 g/mol. The van der Waals surface area contributed by atoms with Crippen LogP contribution in [0.25, 0.3) is 11.0 Å². The normalized spacial score (nSPS) is 13.2. The number of amides is 1. The standard InChI is InChI=1S/C36H35N3O5S/c1-25-29-24-27(16-17-33(29)44-34(25)36(41)42)45-39(19-18-26-10-4-3-5-11-26)31-14-8-7-13-30(31)37-20-22-38(23-21-37)35(40)28-12-6-9-15-32(28)43-2/h3-17,24H,18-23H2,1-2H3,(H,41,42). The van der Waals surface area contributed by atoms with Gasteiger partial charge < -0.3 is 28.4 Å². The van der Waals surface area contributed by atoms with Crippen LogP contribution < -0.4 is 13.9 Å². The molecule has 5 aromatic rings. The van der Waals surface area contributed by atoms with Crippen molar-refractivity contribution in [1.29, 1.82) is 0 Å². The minimum atomic E-state index is -1.07. The van der Waals surface area contributed by atoms with Gasteiger partial charge in [-0.15, -0.1) is 0 Å². The van der Waals surface area contributed by atoms with Crippen molar-refractivity contribution >= 4 is 46.2 Å². The van der Waals surface area contributed by atoms with Crippen LogP contribution >= 0.6 is 11.9 Å². The second-order valence-corrected chi connectivity index (χ2v) is 12.0. The number of carbonyl (C=O) groups excluding carboxylic acids is 1. The minimum absolute atomic E-state index is 0.0172. The first-order chi connectivity index (χ1) is 21.9. The number of rotatable bonds is 10. The molecule has 0 radical (unpaired) electrons. The molecule has 0 spiro atoms. The highest BCUT2D eigenvalue weighted by atomic mass is 32.2. The van der Waals surface area contributed by atoms with Crippen LogP contribution in [0.15, 0.2) is 106 Å². The molecule has 1 amide bonds. The molecule has 45 heavy (non-hydrogen) atoms. The lowest BCUT2D eigenvalue weighted by Crippen LogP contribution is -2.49. The predicted octanol–water partition coefficient (Wildman–Crippen LogP) is 7.17. The highest BCUT2D eigenvalue weighted by molar-refractivity contribution is 8.00. The maximum atomic E-state index is 13.4. The molecule has 4 aromatic carbocycles. The summed E-state index contributed by atoms with van der Waals surface area (Å²) in [5.41, 5.74) is 5.20. The number of aryl methyl sites for hydroxylation is 1. The number of carbonyl (C=O) groups is 2. The van der Waals surface area contributed by atoms with Crippen LogP contribution in [0.3, 0.4) is 0 Å². The molecule has 1 N–H and O–H groups in total. The smallest absolute Gasteiger partial charge is 0.372 e. The molecule has 0 bridgehead atoms. The molecule has 0 saturated carbocycles. The molecule has 0 atom stereocenters. The summed E-state index contributed by atoms with van der Waals surface area (Å²) in [6.07, 6.45) is 0.847. The first-order valence-electron chi connectivity index (χ1n) is 14.9. The molecule has 1 aliphatic rings. The number of aromatic carboxylic acids is 1. The molecular weight excluding hydrogens is 586 g/mol. The molecule has 1 aromatic heterocycles. The van der Waals surface area contributed by atoms with Crippen molar-refractivity contribution < 1.29 is 23.8 Å². The lowest BCUT2D eigenvalue weighted by atomic mass is 10.1. The van der Waals surface area contributed by atoms with Gasteiger partial charge in [0.25, 0.3) is 5.91 Å². The maximum absolute atomic E-state index is 13.4. The zero-order valence-corrected chi connectivity index (χ0v) is 26.1. The van der Waals surface area contributed by atoms with Crippen LogP contribution in [-0.2, 0) is 6.42 Å². The molecule has 1 saturated heterocycles. The van der Waals surface area contributed by atoms with E-state index in [1.165, 1.54) is 5.56 Å². The Kier molecular flexibility index (Phi) is 8.98. The highest BCUT2D eigenvalue weighted by Gasteiger charge is 2.26. The summed E-state index contributed by atoms with van der Waals surface area (Å²) < 4.78 is 13.4. The van der Waals surface area contributed by atoms with Crippen molar-refractivity contribution in [1.82, 2.24) is 4.90 Å². The Hall–Kier alpha value is -4.89. The summed E-state index contributed by atoms with van der Waals surface area (Å²) in [5.74, 6) is -0.524. The maximum Gasteiger partial charge on any atom is 0.372 e. The third-order valence-corrected chi connectivity index (χ3v) is 9.22. The van der Waals surface area contributed by atoms with E-state index in [0.717, 1.165) is 34.6 Å². The zero-order valence-electron chi connectivity index (χ0n) is 25.3. The van der Waals surface area contributed by atoms with Gasteiger partial charge in [0.15, 0.2) is 0 Å². The van der Waals surface area contributed by atoms with Crippen LogP contribution in [0.4, 0.5) is 11.4 Å². The van der Waals surface area contributed by atoms with Crippen molar-refractivity contribution in [2.75, 3.05) is 49.0 Å². The number of nitrogens with zero attached hydrogens (tertiary/aromatic N) is 3. The number of carboxylic acids is 1. The number of carboxylic acid groups (broad SMARTS) is 1. The van der Waals surface area contributed by atoms with E-state index in [0.29, 0.717) is 48.6 Å². The van der Waals surface area contributed by atoms with E-state index in [2.05, 4.69) is 57.7 Å². The summed E-state index contributed by atoms with van der Waals surface area (Å²) in [5, 5.41) is 10.3. The highest BCUT2D eigenvalue weighted by Crippen LogP contribution is 2.38. The second-order valence-electron chi connectivity index (χ2n) is 10.9. The topological polar surface area (TPSA) is 86.5 Å². The van der Waals surface area contributed by atoms with Gasteiger partial charge in [-0.3, -0.25) is 4.79 Å². The number of hydrogen-bond donors (Lipinski definition) is 1. The number of para-hydroxylation sites is 3. The van der Waals surface area contributed by atoms with Crippen LogP contribution in [-0.4, -0.2) is 61.7 Å². The summed E-state index contributed by atoms with van der Waals surface area (Å²) >= 11 is 1.63. The number of piperazine rings is 1. The van der Waals surface area contributed by atoms with E-state index in [1.54, 1.807) is 26.0 Å². The number of hydrogen-bond acceptors (Lipinski definition) is 7. The van der Waals surface area contributed by atoms with Crippen molar-refractivity contribution in [2.24, 2.45) is 0 Å². The van der Waals surface area contributed by atoms with Gasteiger partial charge in [0, 0.05) is 48.6 Å². The quantitative estimate of drug-likeness (QED) is 0.164. The predicted molar refractivity (Wildman–Crippen MR) is 179 cm³/mol. The minimum Gasteiger partial charge on any atom is -0.496 e. The number of anilines is 2. The number of ether oxygens (including phenoxy) is 1. The van der Waals surface area contributed by atoms with E-state index in [1.807, 2.05) is 53.4 Å². The van der Waals surface area contributed by atoms with Gasteiger partial charge in [-0.1, -0.05) is 54.6 Å². The Bertz CT molecular complexity index is 1810. The van der Waals surface area contributed by atoms with Crippen LogP contribution in [0.1, 0.15) is 32.0 Å². The monoisotopic (exact) mass is 621 g/mol. The molecule has 9 heteroatoms. The Labute approximate surface area is 266 Å². The third-order valence-electron chi connectivity index (χ3n) is 8.16. The first-order valence-corrected chi connectivity index (χ1v) is 15.7.